The van der Waals surface area contributed by atoms with Crippen LogP contribution in [0.4, 0.5) is 0 Å². The largest absolute Gasteiger partial charge is 0.497 e. The molecule has 1 amide bonds. The van der Waals surface area contributed by atoms with Crippen molar-refractivity contribution in [2.24, 2.45) is 0 Å². The number of amides is 1. The molecule has 4 nitrogen and oxygen atoms in total. The van der Waals surface area contributed by atoms with Crippen LogP contribution in [0.1, 0.15) is 11.6 Å². The van der Waals surface area contributed by atoms with Gasteiger partial charge in [0.25, 0.3) is 0 Å². The van der Waals surface area contributed by atoms with Crippen LogP contribution in [0.5, 0.6) is 5.75 Å². The van der Waals surface area contributed by atoms with Gasteiger partial charge < -0.3 is 10.1 Å². The summed E-state index contributed by atoms with van der Waals surface area (Å²) in [6, 6.07) is 8.07. The van der Waals surface area contributed by atoms with Crippen molar-refractivity contribution in [3.63, 3.8) is 0 Å². The van der Waals surface area contributed by atoms with Crippen LogP contribution in [-0.4, -0.2) is 26.1 Å². The zero-order valence-electron chi connectivity index (χ0n) is 8.62. The highest BCUT2D eigenvalue weighted by atomic mass is 16.5. The first kappa shape index (κ1) is 9.98. The zero-order valence-corrected chi connectivity index (χ0v) is 8.62. The smallest absolute Gasteiger partial charge is 0.234 e. The first-order valence-electron chi connectivity index (χ1n) is 4.93. The summed E-state index contributed by atoms with van der Waals surface area (Å²) in [7, 11) is 1.65. The van der Waals surface area contributed by atoms with Crippen molar-refractivity contribution >= 4 is 5.91 Å². The summed E-state index contributed by atoms with van der Waals surface area (Å²) in [6.07, 6.45) is 0. The molecule has 0 spiro atoms. The van der Waals surface area contributed by atoms with Gasteiger partial charge in [0, 0.05) is 6.54 Å². The number of methoxy groups -OCH3 is 1. The van der Waals surface area contributed by atoms with Gasteiger partial charge in [0.2, 0.25) is 5.91 Å². The zero-order chi connectivity index (χ0) is 10.7. The Balaban J connectivity index is 2.06. The molecule has 0 saturated carbocycles. The lowest BCUT2D eigenvalue weighted by Crippen LogP contribution is -2.46. The van der Waals surface area contributed by atoms with E-state index in [2.05, 4.69) is 10.6 Å². The molecule has 2 N–H and O–H groups in total. The number of hydrogen-bond donors (Lipinski definition) is 2. The van der Waals surface area contributed by atoms with Crippen molar-refractivity contribution in [3.8, 4) is 5.75 Å². The van der Waals surface area contributed by atoms with Gasteiger partial charge in [0.15, 0.2) is 0 Å². The number of nitrogens with one attached hydrogen (secondary N) is 2. The van der Waals surface area contributed by atoms with E-state index in [0.29, 0.717) is 13.1 Å². The van der Waals surface area contributed by atoms with Crippen LogP contribution in [0.15, 0.2) is 24.3 Å². The topological polar surface area (TPSA) is 50.4 Å². The van der Waals surface area contributed by atoms with Gasteiger partial charge in [-0.15, -0.1) is 0 Å². The monoisotopic (exact) mass is 206 g/mol. The predicted molar refractivity (Wildman–Crippen MR) is 56.7 cm³/mol. The maximum atomic E-state index is 10.9. The van der Waals surface area contributed by atoms with E-state index < -0.39 is 0 Å². The van der Waals surface area contributed by atoms with Crippen LogP contribution in [-0.2, 0) is 4.79 Å². The van der Waals surface area contributed by atoms with Gasteiger partial charge in [-0.3, -0.25) is 10.1 Å². The molecule has 1 saturated heterocycles. The lowest BCUT2D eigenvalue weighted by molar-refractivity contribution is -0.121. The molecule has 1 aromatic rings. The van der Waals surface area contributed by atoms with E-state index in [9.17, 15) is 4.79 Å². The highest BCUT2D eigenvalue weighted by molar-refractivity contribution is 5.78. The number of carbonyl (C=O) groups excluding carboxylic acids is 1. The molecule has 1 aliphatic rings. The van der Waals surface area contributed by atoms with Gasteiger partial charge in [-0.2, -0.15) is 0 Å². The third-order valence-electron chi connectivity index (χ3n) is 2.53. The Bertz CT molecular complexity index is 338. The van der Waals surface area contributed by atoms with Gasteiger partial charge >= 0.3 is 0 Å². The van der Waals surface area contributed by atoms with Crippen molar-refractivity contribution in [1.82, 2.24) is 10.6 Å². The van der Waals surface area contributed by atoms with E-state index >= 15 is 0 Å². The van der Waals surface area contributed by atoms with Crippen molar-refractivity contribution < 1.29 is 9.53 Å². The number of hydrogen-bond acceptors (Lipinski definition) is 3. The SMILES string of the molecule is COc1ccc([C@@H]2CNC(=O)CN2)cc1. The maximum absolute atomic E-state index is 10.9. The quantitative estimate of drug-likeness (QED) is 0.739. The highest BCUT2D eigenvalue weighted by Crippen LogP contribution is 2.17. The Morgan fingerprint density at radius 1 is 1.33 bits per heavy atom. The molecule has 0 unspecified atom stereocenters. The second kappa shape index (κ2) is 4.31. The number of ether oxygens (including phenoxy) is 1. The highest BCUT2D eigenvalue weighted by Gasteiger charge is 2.18. The lowest BCUT2D eigenvalue weighted by atomic mass is 10.1. The van der Waals surface area contributed by atoms with Crippen molar-refractivity contribution in [1.29, 1.82) is 0 Å². The minimum Gasteiger partial charge on any atom is -0.497 e. The van der Waals surface area contributed by atoms with Crippen LogP contribution in [0.2, 0.25) is 0 Å². The predicted octanol–water partition coefficient (Wildman–Crippen LogP) is 0.456. The molecule has 0 bridgehead atoms. The molecule has 1 heterocycles. The first-order valence-corrected chi connectivity index (χ1v) is 4.93. The number of carbonyl (C=O) groups is 1. The average Bonchev–Trinajstić information content (AvgIpc) is 2.30. The Morgan fingerprint density at radius 2 is 2.07 bits per heavy atom. The second-order valence-electron chi connectivity index (χ2n) is 3.51. The van der Waals surface area contributed by atoms with Crippen molar-refractivity contribution in [3.05, 3.63) is 29.8 Å². The minimum atomic E-state index is 0.0553. The van der Waals surface area contributed by atoms with E-state index in [1.807, 2.05) is 24.3 Å². The number of rotatable bonds is 2. The van der Waals surface area contributed by atoms with Gasteiger partial charge in [0.1, 0.15) is 5.75 Å². The van der Waals surface area contributed by atoms with Crippen molar-refractivity contribution in [2.45, 2.75) is 6.04 Å². The average molecular weight is 206 g/mol. The number of piperazine rings is 1. The molecule has 0 radical (unpaired) electrons. The fourth-order valence-corrected chi connectivity index (χ4v) is 1.64. The molecule has 1 aromatic carbocycles. The fraction of sp³-hybridized carbons (Fsp3) is 0.364. The minimum absolute atomic E-state index is 0.0553. The summed E-state index contributed by atoms with van der Waals surface area (Å²) in [4.78, 5) is 10.9. The third kappa shape index (κ3) is 2.27. The second-order valence-corrected chi connectivity index (χ2v) is 3.51. The van der Waals surface area contributed by atoms with Gasteiger partial charge in [-0.25, -0.2) is 0 Å². The molecule has 1 atom stereocenters. The normalized spacial score (nSPS) is 20.9. The molecular weight excluding hydrogens is 192 g/mol. The van der Waals surface area contributed by atoms with Crippen LogP contribution in [0, 0.1) is 0 Å². The first-order chi connectivity index (χ1) is 7.29. The summed E-state index contributed by atoms with van der Waals surface area (Å²) < 4.78 is 5.08. The third-order valence-corrected chi connectivity index (χ3v) is 2.53. The van der Waals surface area contributed by atoms with E-state index in [4.69, 9.17) is 4.74 Å². The summed E-state index contributed by atoms with van der Waals surface area (Å²) >= 11 is 0. The van der Waals surface area contributed by atoms with Crippen LogP contribution in [0.25, 0.3) is 0 Å². The van der Waals surface area contributed by atoms with Crippen LogP contribution < -0.4 is 15.4 Å². The molecule has 1 fully saturated rings. The number of benzene rings is 1. The summed E-state index contributed by atoms with van der Waals surface area (Å²) in [6.45, 7) is 1.03. The van der Waals surface area contributed by atoms with Gasteiger partial charge in [-0.05, 0) is 17.7 Å². The van der Waals surface area contributed by atoms with E-state index in [1.165, 1.54) is 0 Å². The summed E-state index contributed by atoms with van der Waals surface area (Å²) in [5.41, 5.74) is 1.16. The Labute approximate surface area is 88.6 Å². The Kier molecular flexibility index (Phi) is 2.87. The van der Waals surface area contributed by atoms with E-state index in [1.54, 1.807) is 7.11 Å². The van der Waals surface area contributed by atoms with Gasteiger partial charge in [-0.1, -0.05) is 12.1 Å². The lowest BCUT2D eigenvalue weighted by Gasteiger charge is -2.24. The molecule has 4 heteroatoms. The molecule has 80 valence electrons. The van der Waals surface area contributed by atoms with E-state index in [0.717, 1.165) is 11.3 Å². The fourth-order valence-electron chi connectivity index (χ4n) is 1.64. The van der Waals surface area contributed by atoms with Crippen LogP contribution >= 0.6 is 0 Å². The molecule has 0 aliphatic carbocycles. The van der Waals surface area contributed by atoms with Crippen LogP contribution in [0.3, 0.4) is 0 Å². The maximum Gasteiger partial charge on any atom is 0.234 e. The Morgan fingerprint density at radius 3 is 2.60 bits per heavy atom. The van der Waals surface area contributed by atoms with Gasteiger partial charge in [0.05, 0.1) is 19.7 Å². The molecular formula is C11H14N2O2. The summed E-state index contributed by atoms with van der Waals surface area (Å²) in [5.74, 6) is 0.901. The standard InChI is InChI=1S/C11H14N2O2/c1-15-9-4-2-8(3-5-9)10-6-13-11(14)7-12-10/h2-5,10,12H,6-7H2,1H3,(H,13,14)/t10-/m0/s1. The molecule has 2 rings (SSSR count). The van der Waals surface area contributed by atoms with E-state index in [-0.39, 0.29) is 11.9 Å². The molecule has 1 aliphatic heterocycles. The van der Waals surface area contributed by atoms with Crippen molar-refractivity contribution in [2.75, 3.05) is 20.2 Å². The molecule has 0 aromatic heterocycles. The molecule has 15 heavy (non-hydrogen) atoms. The Hall–Kier alpha value is -1.55. The summed E-state index contributed by atoms with van der Waals surface area (Å²) in [5, 5.41) is 6.00.